The van der Waals surface area contributed by atoms with E-state index < -0.39 is 4.92 Å². The molecule has 0 amide bonds. The monoisotopic (exact) mass is 414 g/mol. The van der Waals surface area contributed by atoms with Crippen LogP contribution in [0.1, 0.15) is 5.56 Å². The number of rotatable bonds is 4. The van der Waals surface area contributed by atoms with Crippen molar-refractivity contribution in [2.75, 3.05) is 0 Å². The number of nitro groups is 1. The van der Waals surface area contributed by atoms with Gasteiger partial charge in [0.05, 0.1) is 38.2 Å². The third-order valence-corrected chi connectivity index (χ3v) is 4.96. The van der Waals surface area contributed by atoms with Gasteiger partial charge in [0.1, 0.15) is 0 Å². The SMILES string of the molecule is O=c1ccc2c(ccn2-c2c(Cl)cc([N+](=O)[O-])cc2Cl)n1Cc1ccncc1. The molecule has 9 heteroatoms. The number of benzene rings is 1. The smallest absolute Gasteiger partial charge is 0.272 e. The molecule has 3 heterocycles. The average molecular weight is 415 g/mol. The van der Waals surface area contributed by atoms with Gasteiger partial charge in [0.25, 0.3) is 11.2 Å². The van der Waals surface area contributed by atoms with Gasteiger partial charge < -0.3 is 9.13 Å². The summed E-state index contributed by atoms with van der Waals surface area (Å²) in [5, 5.41) is 11.3. The number of non-ortho nitro benzene ring substituents is 1. The topological polar surface area (TPSA) is 83.0 Å². The number of hydrogen-bond acceptors (Lipinski definition) is 4. The first-order valence-corrected chi connectivity index (χ1v) is 8.95. The van der Waals surface area contributed by atoms with Gasteiger partial charge in [0, 0.05) is 36.8 Å². The first-order valence-electron chi connectivity index (χ1n) is 8.19. The molecule has 0 saturated carbocycles. The molecule has 1 aromatic carbocycles. The summed E-state index contributed by atoms with van der Waals surface area (Å²) in [5.41, 5.74) is 2.40. The number of aromatic nitrogens is 3. The average Bonchev–Trinajstić information content (AvgIpc) is 3.08. The van der Waals surface area contributed by atoms with Crippen molar-refractivity contribution in [2.45, 2.75) is 6.54 Å². The van der Waals surface area contributed by atoms with E-state index >= 15 is 0 Å². The van der Waals surface area contributed by atoms with E-state index in [9.17, 15) is 14.9 Å². The Balaban J connectivity index is 1.89. The summed E-state index contributed by atoms with van der Waals surface area (Å²) in [4.78, 5) is 26.9. The van der Waals surface area contributed by atoms with Gasteiger partial charge in [-0.1, -0.05) is 23.2 Å². The number of nitro benzene ring substituents is 1. The fraction of sp³-hybridized carbons (Fsp3) is 0.0526. The second kappa shape index (κ2) is 7.10. The fourth-order valence-electron chi connectivity index (χ4n) is 3.10. The molecule has 0 atom stereocenters. The van der Waals surface area contributed by atoms with Gasteiger partial charge in [-0.05, 0) is 29.8 Å². The Hall–Kier alpha value is -3.16. The summed E-state index contributed by atoms with van der Waals surface area (Å²) in [6.07, 6.45) is 5.07. The van der Waals surface area contributed by atoms with Gasteiger partial charge >= 0.3 is 0 Å². The predicted octanol–water partition coefficient (Wildman–Crippen LogP) is 4.45. The maximum atomic E-state index is 12.4. The largest absolute Gasteiger partial charge is 0.312 e. The van der Waals surface area contributed by atoms with Crippen LogP contribution in [0, 0.1) is 10.1 Å². The van der Waals surface area contributed by atoms with E-state index in [4.69, 9.17) is 23.2 Å². The number of pyridine rings is 2. The molecule has 0 aliphatic rings. The Kier molecular flexibility index (Phi) is 4.62. The van der Waals surface area contributed by atoms with Gasteiger partial charge in [-0.25, -0.2) is 0 Å². The molecular formula is C19H12Cl2N4O3. The van der Waals surface area contributed by atoms with E-state index in [0.29, 0.717) is 23.3 Å². The first-order chi connectivity index (χ1) is 13.5. The lowest BCUT2D eigenvalue weighted by molar-refractivity contribution is -0.384. The maximum absolute atomic E-state index is 12.4. The molecule has 0 bridgehead atoms. The first kappa shape index (κ1) is 18.2. The highest BCUT2D eigenvalue weighted by molar-refractivity contribution is 6.38. The lowest BCUT2D eigenvalue weighted by Crippen LogP contribution is -2.19. The molecule has 7 nitrogen and oxygen atoms in total. The van der Waals surface area contributed by atoms with Crippen molar-refractivity contribution in [1.29, 1.82) is 0 Å². The van der Waals surface area contributed by atoms with Gasteiger partial charge in [-0.2, -0.15) is 0 Å². The summed E-state index contributed by atoms with van der Waals surface area (Å²) in [5.74, 6) is 0. The predicted molar refractivity (Wildman–Crippen MR) is 108 cm³/mol. The number of halogens is 2. The van der Waals surface area contributed by atoms with Gasteiger partial charge in [0.2, 0.25) is 0 Å². The van der Waals surface area contributed by atoms with Crippen molar-refractivity contribution in [2.24, 2.45) is 0 Å². The Labute approximate surface area is 168 Å². The highest BCUT2D eigenvalue weighted by Crippen LogP contribution is 2.35. The van der Waals surface area contributed by atoms with Crippen LogP contribution in [0.2, 0.25) is 10.0 Å². The van der Waals surface area contributed by atoms with Crippen molar-refractivity contribution in [3.8, 4) is 5.69 Å². The third-order valence-electron chi connectivity index (χ3n) is 4.39. The molecule has 0 aliphatic heterocycles. The molecule has 4 rings (SSSR count). The summed E-state index contributed by atoms with van der Waals surface area (Å²) < 4.78 is 3.35. The van der Waals surface area contributed by atoms with Crippen LogP contribution in [-0.4, -0.2) is 19.0 Å². The summed E-state index contributed by atoms with van der Waals surface area (Å²) in [7, 11) is 0. The maximum Gasteiger partial charge on any atom is 0.272 e. The lowest BCUT2D eigenvalue weighted by atomic mass is 10.2. The number of hydrogen-bond donors (Lipinski definition) is 0. The Morgan fingerprint density at radius 3 is 2.32 bits per heavy atom. The quantitative estimate of drug-likeness (QED) is 0.364. The zero-order valence-corrected chi connectivity index (χ0v) is 15.8. The van der Waals surface area contributed by atoms with Crippen LogP contribution < -0.4 is 5.56 Å². The molecule has 0 fully saturated rings. The van der Waals surface area contributed by atoms with E-state index in [1.807, 2.05) is 12.1 Å². The summed E-state index contributed by atoms with van der Waals surface area (Å²) in [6.45, 7) is 0.379. The number of nitrogens with zero attached hydrogens (tertiary/aromatic N) is 4. The molecule has 0 unspecified atom stereocenters. The molecule has 0 N–H and O–H groups in total. The molecule has 3 aromatic heterocycles. The number of fused-ring (bicyclic) bond motifs is 1. The normalized spacial score (nSPS) is 11.1. The van der Waals surface area contributed by atoms with Gasteiger partial charge in [0.15, 0.2) is 0 Å². The van der Waals surface area contributed by atoms with E-state index in [-0.39, 0.29) is 21.3 Å². The van der Waals surface area contributed by atoms with Crippen molar-refractivity contribution in [3.63, 3.8) is 0 Å². The summed E-state index contributed by atoms with van der Waals surface area (Å²) >= 11 is 12.6. The molecule has 4 aromatic rings. The minimum atomic E-state index is -0.554. The molecule has 0 saturated heterocycles. The molecular weight excluding hydrogens is 403 g/mol. The molecule has 0 aliphatic carbocycles. The van der Waals surface area contributed by atoms with Crippen LogP contribution in [0.4, 0.5) is 5.69 Å². The molecule has 0 spiro atoms. The van der Waals surface area contributed by atoms with Crippen LogP contribution in [0.15, 0.2) is 65.8 Å². The highest BCUT2D eigenvalue weighted by atomic mass is 35.5. The minimum Gasteiger partial charge on any atom is -0.312 e. The van der Waals surface area contributed by atoms with Crippen molar-refractivity contribution in [1.82, 2.24) is 14.1 Å². The third kappa shape index (κ3) is 3.15. The summed E-state index contributed by atoms with van der Waals surface area (Å²) in [6, 6.07) is 11.1. The zero-order valence-electron chi connectivity index (χ0n) is 14.3. The van der Waals surface area contributed by atoms with Crippen LogP contribution in [0.3, 0.4) is 0 Å². The van der Waals surface area contributed by atoms with Crippen molar-refractivity contribution < 1.29 is 4.92 Å². The van der Waals surface area contributed by atoms with E-state index in [2.05, 4.69) is 4.98 Å². The lowest BCUT2D eigenvalue weighted by Gasteiger charge is -2.12. The fourth-order valence-corrected chi connectivity index (χ4v) is 3.76. The standard InChI is InChI=1S/C19H12Cl2N4O3/c20-14-9-13(25(27)28)10-15(21)19(14)23-8-5-17-16(23)1-2-18(26)24(17)11-12-3-6-22-7-4-12/h1-10H,11H2. The Morgan fingerprint density at radius 2 is 1.68 bits per heavy atom. The van der Waals surface area contributed by atoms with Crippen LogP contribution in [0.25, 0.3) is 16.7 Å². The highest BCUT2D eigenvalue weighted by Gasteiger charge is 2.18. The second-order valence-corrected chi connectivity index (χ2v) is 6.90. The van der Waals surface area contributed by atoms with Gasteiger partial charge in [-0.15, -0.1) is 0 Å². The molecule has 140 valence electrons. The Bertz CT molecular complexity index is 1240. The van der Waals surface area contributed by atoms with E-state index in [0.717, 1.165) is 5.56 Å². The molecule has 28 heavy (non-hydrogen) atoms. The minimum absolute atomic E-state index is 0.142. The van der Waals surface area contributed by atoms with Gasteiger partial charge in [-0.3, -0.25) is 19.9 Å². The van der Waals surface area contributed by atoms with Crippen LogP contribution >= 0.6 is 23.2 Å². The van der Waals surface area contributed by atoms with Crippen LogP contribution in [0.5, 0.6) is 0 Å². The van der Waals surface area contributed by atoms with Crippen molar-refractivity contribution >= 4 is 39.9 Å². The Morgan fingerprint density at radius 1 is 1.00 bits per heavy atom. The van der Waals surface area contributed by atoms with E-state index in [1.54, 1.807) is 39.9 Å². The van der Waals surface area contributed by atoms with Crippen LogP contribution in [-0.2, 0) is 6.54 Å². The zero-order chi connectivity index (χ0) is 19.8. The second-order valence-electron chi connectivity index (χ2n) is 6.08. The molecule has 0 radical (unpaired) electrons. The van der Waals surface area contributed by atoms with Crippen molar-refractivity contribution in [3.05, 3.63) is 97.1 Å². The van der Waals surface area contributed by atoms with E-state index in [1.165, 1.54) is 18.2 Å².